The van der Waals surface area contributed by atoms with E-state index in [0.717, 1.165) is 29.4 Å². The molecule has 0 radical (unpaired) electrons. The quantitative estimate of drug-likeness (QED) is 0.333. The van der Waals surface area contributed by atoms with Crippen molar-refractivity contribution in [1.82, 2.24) is 15.3 Å². The smallest absolute Gasteiger partial charge is 0.323 e. The van der Waals surface area contributed by atoms with Crippen LogP contribution in [0.3, 0.4) is 0 Å². The second-order valence-electron chi connectivity index (χ2n) is 7.56. The summed E-state index contributed by atoms with van der Waals surface area (Å²) in [5.41, 5.74) is -5.39. The van der Waals surface area contributed by atoms with E-state index in [-0.39, 0.29) is 5.75 Å². The molecule has 0 saturated heterocycles. The van der Waals surface area contributed by atoms with Crippen molar-refractivity contribution in [3.05, 3.63) is 89.2 Å². The molecule has 7 nitrogen and oxygen atoms in total. The van der Waals surface area contributed by atoms with E-state index in [1.54, 1.807) is 0 Å². The number of hydrogen-bond donors (Lipinski definition) is 3. The molecular formula is C23H17F4N5O2S. The fraction of sp³-hybridized carbons (Fsp3) is 0.174. The van der Waals surface area contributed by atoms with Crippen molar-refractivity contribution in [3.8, 4) is 17.6 Å². The molecule has 0 amide bonds. The fourth-order valence-electron chi connectivity index (χ4n) is 3.44. The first-order chi connectivity index (χ1) is 16.6. The molecule has 0 aliphatic carbocycles. The van der Waals surface area contributed by atoms with Crippen LogP contribution in [0.1, 0.15) is 16.8 Å². The number of benzene rings is 2. The van der Waals surface area contributed by atoms with E-state index in [4.69, 9.17) is 10.00 Å². The molecule has 2 N–H and O–H groups in total. The maximum absolute atomic E-state index is 15.8. The van der Waals surface area contributed by atoms with Crippen LogP contribution in [0, 0.1) is 23.0 Å². The lowest BCUT2D eigenvalue weighted by atomic mass is 9.84. The van der Waals surface area contributed by atoms with Crippen molar-refractivity contribution in [2.75, 3.05) is 6.54 Å². The average molecular weight is 503 g/mol. The molecule has 4 rings (SSSR count). The number of thiol groups is 1. The molecule has 0 spiro atoms. The number of aromatic nitrogens is 1. The minimum Gasteiger partial charge on any atom is -0.456 e. The van der Waals surface area contributed by atoms with E-state index in [2.05, 4.69) is 28.0 Å². The van der Waals surface area contributed by atoms with Crippen LogP contribution in [0.4, 0.5) is 17.6 Å². The molecule has 3 aromatic rings. The van der Waals surface area contributed by atoms with Gasteiger partial charge in [-0.3, -0.25) is 9.99 Å². The number of hydrazone groups is 1. The summed E-state index contributed by atoms with van der Waals surface area (Å²) in [7, 11) is 0. The molecule has 1 aromatic heterocycles. The van der Waals surface area contributed by atoms with Gasteiger partial charge in [0.05, 0.1) is 24.4 Å². The first kappa shape index (κ1) is 24.3. The minimum absolute atomic E-state index is 0.106. The molecule has 2 heterocycles. The van der Waals surface area contributed by atoms with E-state index in [0.29, 0.717) is 17.4 Å². The summed E-state index contributed by atoms with van der Waals surface area (Å²) in [5, 5.41) is 27.6. The monoisotopic (exact) mass is 503 g/mol. The highest BCUT2D eigenvalue weighted by atomic mass is 32.1. The zero-order chi connectivity index (χ0) is 25.2. The average Bonchev–Trinajstić information content (AvgIpc) is 3.23. The number of ether oxygens (including phenoxy) is 1. The Bertz CT molecular complexity index is 1280. The number of pyridine rings is 1. The molecule has 1 unspecified atom stereocenters. The molecule has 1 aliphatic rings. The van der Waals surface area contributed by atoms with Gasteiger partial charge in [-0.05, 0) is 48.5 Å². The highest BCUT2D eigenvalue weighted by Crippen LogP contribution is 2.47. The Morgan fingerprint density at radius 1 is 1.11 bits per heavy atom. The number of β-amino-alcohol motifs (C(OH)–C–C–N with tert-alkyl or cyclic N) is 1. The van der Waals surface area contributed by atoms with Crippen molar-refractivity contribution in [2.24, 2.45) is 5.10 Å². The molecular weight excluding hydrogens is 486 g/mol. The zero-order valence-electron chi connectivity index (χ0n) is 17.7. The second-order valence-corrected chi connectivity index (χ2v) is 8.05. The minimum atomic E-state index is -4.16. The lowest BCUT2D eigenvalue weighted by Crippen LogP contribution is -2.52. The number of nitrogens with zero attached hydrogens (tertiary/aromatic N) is 4. The van der Waals surface area contributed by atoms with Crippen LogP contribution in [-0.4, -0.2) is 33.5 Å². The summed E-state index contributed by atoms with van der Waals surface area (Å²) in [6, 6.07) is 12.1. The van der Waals surface area contributed by atoms with Gasteiger partial charge in [0.15, 0.2) is 11.1 Å². The second kappa shape index (κ2) is 9.44. The van der Waals surface area contributed by atoms with Crippen LogP contribution in [0.25, 0.3) is 0 Å². The van der Waals surface area contributed by atoms with Gasteiger partial charge < -0.3 is 15.2 Å². The highest BCUT2D eigenvalue weighted by molar-refractivity contribution is 7.80. The highest BCUT2D eigenvalue weighted by Gasteiger charge is 2.58. The van der Waals surface area contributed by atoms with E-state index in [9.17, 15) is 13.9 Å². The molecule has 180 valence electrons. The fourth-order valence-corrected chi connectivity index (χ4v) is 3.64. The van der Waals surface area contributed by atoms with Gasteiger partial charge in [0.1, 0.15) is 35.2 Å². The van der Waals surface area contributed by atoms with Crippen molar-refractivity contribution in [2.45, 2.75) is 17.0 Å². The van der Waals surface area contributed by atoms with Gasteiger partial charge in [-0.25, -0.2) is 8.78 Å². The first-order valence-corrected chi connectivity index (χ1v) is 10.6. The topological polar surface area (TPSA) is 93.8 Å². The summed E-state index contributed by atoms with van der Waals surface area (Å²) < 4.78 is 65.3. The van der Waals surface area contributed by atoms with Crippen molar-refractivity contribution < 1.29 is 27.4 Å². The van der Waals surface area contributed by atoms with Crippen LogP contribution in [-0.2, 0) is 11.5 Å². The third kappa shape index (κ3) is 4.73. The summed E-state index contributed by atoms with van der Waals surface area (Å²) in [6.07, 6.45) is 2.20. The molecule has 2 atom stereocenters. The first-order valence-electron chi connectivity index (χ1n) is 10.1. The SMILES string of the molecule is N#Cc1ccc(Oc2ccc(C(F)(F)[C@](O)(CN3N=CNC3S)c3ccc(F)cc3F)nc2)cc1. The molecule has 12 heteroatoms. The molecule has 0 bridgehead atoms. The van der Waals surface area contributed by atoms with E-state index in [1.807, 2.05) is 6.07 Å². The van der Waals surface area contributed by atoms with Gasteiger partial charge in [0.2, 0.25) is 0 Å². The van der Waals surface area contributed by atoms with Crippen LogP contribution in [0.5, 0.6) is 11.5 Å². The van der Waals surface area contributed by atoms with Gasteiger partial charge in [0, 0.05) is 11.6 Å². The van der Waals surface area contributed by atoms with Gasteiger partial charge in [-0.15, -0.1) is 12.6 Å². The van der Waals surface area contributed by atoms with Crippen LogP contribution in [0.15, 0.2) is 65.9 Å². The number of nitrogens with one attached hydrogen (secondary N) is 1. The third-order valence-corrected chi connectivity index (χ3v) is 5.69. The number of hydrogen-bond acceptors (Lipinski definition) is 8. The number of alkyl halides is 2. The Balaban J connectivity index is 1.68. The van der Waals surface area contributed by atoms with Crippen LogP contribution < -0.4 is 10.1 Å². The molecule has 0 saturated carbocycles. The van der Waals surface area contributed by atoms with Gasteiger partial charge in [-0.2, -0.15) is 19.1 Å². The van der Waals surface area contributed by atoms with Crippen molar-refractivity contribution in [3.63, 3.8) is 0 Å². The normalized spacial score (nSPS) is 16.9. The maximum Gasteiger partial charge on any atom is 0.323 e. The van der Waals surface area contributed by atoms with Gasteiger partial charge >= 0.3 is 5.92 Å². The van der Waals surface area contributed by atoms with E-state index >= 15 is 8.78 Å². The molecule has 2 aromatic carbocycles. The summed E-state index contributed by atoms with van der Waals surface area (Å²) in [5.74, 6) is -6.07. The number of aliphatic hydroxyl groups is 1. The lowest BCUT2D eigenvalue weighted by Gasteiger charge is -2.38. The van der Waals surface area contributed by atoms with Crippen molar-refractivity contribution >= 4 is 19.0 Å². The Morgan fingerprint density at radius 3 is 2.40 bits per heavy atom. The largest absolute Gasteiger partial charge is 0.456 e. The zero-order valence-corrected chi connectivity index (χ0v) is 18.6. The molecule has 0 fully saturated rings. The Hall–Kier alpha value is -3.82. The van der Waals surface area contributed by atoms with Crippen LogP contribution in [0.2, 0.25) is 0 Å². The number of rotatable bonds is 7. The Kier molecular flexibility index (Phi) is 6.56. The molecule has 35 heavy (non-hydrogen) atoms. The van der Waals surface area contributed by atoms with Crippen LogP contribution >= 0.6 is 12.6 Å². The predicted octanol–water partition coefficient (Wildman–Crippen LogP) is 4.07. The predicted molar refractivity (Wildman–Crippen MR) is 121 cm³/mol. The van der Waals surface area contributed by atoms with E-state index < -0.39 is 46.5 Å². The summed E-state index contributed by atoms with van der Waals surface area (Å²) in [6.45, 7) is -0.897. The van der Waals surface area contributed by atoms with Crippen molar-refractivity contribution in [1.29, 1.82) is 5.26 Å². The number of nitriles is 1. The van der Waals surface area contributed by atoms with E-state index in [1.165, 1.54) is 36.7 Å². The number of halogens is 4. The summed E-state index contributed by atoms with van der Waals surface area (Å²) in [4.78, 5) is 3.74. The maximum atomic E-state index is 15.8. The summed E-state index contributed by atoms with van der Waals surface area (Å²) >= 11 is 4.14. The van der Waals surface area contributed by atoms with Gasteiger partial charge in [-0.1, -0.05) is 0 Å². The lowest BCUT2D eigenvalue weighted by molar-refractivity contribution is -0.208. The Labute approximate surface area is 202 Å². The van der Waals surface area contributed by atoms with Gasteiger partial charge in [0.25, 0.3) is 0 Å². The molecule has 1 aliphatic heterocycles. The Morgan fingerprint density at radius 2 is 1.83 bits per heavy atom. The third-order valence-electron chi connectivity index (χ3n) is 5.28. The standard InChI is InChI=1S/C23H17F4N5O2S/c24-15-3-7-18(19(25)9-15)22(33,12-32-21(35)30-13-31-32)23(26,27)20-8-6-17(11-29-20)34-16-4-1-14(10-28)2-5-16/h1-9,11,13,21,33,35H,12H2,(H,30,31)/t21?,22-/m0/s1.